The van der Waals surface area contributed by atoms with Crippen LogP contribution in [0.15, 0.2) is 30.5 Å². The van der Waals surface area contributed by atoms with Gasteiger partial charge in [-0.15, -0.1) is 0 Å². The molecular formula is C20H27N3O3. The zero-order chi connectivity index (χ0) is 18.6. The van der Waals surface area contributed by atoms with E-state index in [1.54, 1.807) is 0 Å². The Morgan fingerprint density at radius 1 is 1.31 bits per heavy atom. The number of nitrogens with zero attached hydrogens (tertiary/aromatic N) is 2. The zero-order valence-electron chi connectivity index (χ0n) is 15.7. The first-order valence-electron chi connectivity index (χ1n) is 9.05. The van der Waals surface area contributed by atoms with E-state index < -0.39 is 0 Å². The molecule has 0 saturated carbocycles. The van der Waals surface area contributed by atoms with Crippen molar-refractivity contribution < 1.29 is 14.3 Å². The van der Waals surface area contributed by atoms with Crippen molar-refractivity contribution in [2.24, 2.45) is 0 Å². The summed E-state index contributed by atoms with van der Waals surface area (Å²) in [5, 5.41) is 7.25. The molecule has 0 saturated heterocycles. The van der Waals surface area contributed by atoms with Gasteiger partial charge in [0.1, 0.15) is 5.75 Å². The first-order valence-corrected chi connectivity index (χ1v) is 9.05. The maximum Gasteiger partial charge on any atom is 0.258 e. The van der Waals surface area contributed by atoms with Gasteiger partial charge in [0.15, 0.2) is 6.61 Å². The van der Waals surface area contributed by atoms with Gasteiger partial charge in [-0.1, -0.05) is 32.9 Å². The summed E-state index contributed by atoms with van der Waals surface area (Å²) in [6.45, 7) is 9.05. The van der Waals surface area contributed by atoms with Gasteiger partial charge in [-0.2, -0.15) is 5.10 Å². The van der Waals surface area contributed by atoms with Crippen LogP contribution in [0, 0.1) is 0 Å². The van der Waals surface area contributed by atoms with Gasteiger partial charge in [0.2, 0.25) is 0 Å². The fourth-order valence-corrected chi connectivity index (χ4v) is 2.96. The summed E-state index contributed by atoms with van der Waals surface area (Å²) in [5.74, 6) is 0.573. The van der Waals surface area contributed by atoms with Crippen LogP contribution in [0.1, 0.15) is 37.6 Å². The molecule has 3 rings (SSSR count). The number of amides is 1. The number of rotatable bonds is 6. The third kappa shape index (κ3) is 4.64. The highest BCUT2D eigenvalue weighted by atomic mass is 16.5. The Morgan fingerprint density at radius 2 is 2.08 bits per heavy atom. The second-order valence-corrected chi connectivity index (χ2v) is 7.56. The number of aromatic nitrogens is 2. The van der Waals surface area contributed by atoms with E-state index >= 15 is 0 Å². The van der Waals surface area contributed by atoms with Crippen LogP contribution in [-0.4, -0.2) is 35.4 Å². The third-order valence-electron chi connectivity index (χ3n) is 4.51. The largest absolute Gasteiger partial charge is 0.484 e. The number of carbonyl (C=O) groups excluding carboxylic acids is 1. The zero-order valence-corrected chi connectivity index (χ0v) is 15.7. The van der Waals surface area contributed by atoms with Crippen LogP contribution in [-0.2, 0) is 34.5 Å². The van der Waals surface area contributed by atoms with Crippen molar-refractivity contribution in [1.29, 1.82) is 0 Å². The number of fused-ring (bicyclic) bond motifs is 1. The highest BCUT2D eigenvalue weighted by Crippen LogP contribution is 2.24. The molecule has 0 spiro atoms. The summed E-state index contributed by atoms with van der Waals surface area (Å²) < 4.78 is 12.9. The number of hydrogen-bond donors (Lipinski definition) is 1. The van der Waals surface area contributed by atoms with Crippen molar-refractivity contribution in [3.05, 3.63) is 47.3 Å². The first-order chi connectivity index (χ1) is 12.4. The van der Waals surface area contributed by atoms with E-state index in [9.17, 15) is 4.79 Å². The van der Waals surface area contributed by atoms with E-state index in [4.69, 9.17) is 9.47 Å². The Bertz CT molecular complexity index is 745. The molecule has 1 aromatic carbocycles. The van der Waals surface area contributed by atoms with Crippen LogP contribution in [0.2, 0.25) is 0 Å². The second kappa shape index (κ2) is 7.91. The molecule has 0 fully saturated rings. The lowest BCUT2D eigenvalue weighted by molar-refractivity contribution is -0.123. The quantitative estimate of drug-likeness (QED) is 0.862. The van der Waals surface area contributed by atoms with E-state index in [0.29, 0.717) is 25.4 Å². The molecule has 1 aromatic heterocycles. The third-order valence-corrected chi connectivity index (χ3v) is 4.51. The van der Waals surface area contributed by atoms with E-state index in [-0.39, 0.29) is 17.9 Å². The van der Waals surface area contributed by atoms with Gasteiger partial charge < -0.3 is 14.8 Å². The molecule has 6 heteroatoms. The maximum atomic E-state index is 12.0. The van der Waals surface area contributed by atoms with Gasteiger partial charge in [0.05, 0.1) is 26.0 Å². The van der Waals surface area contributed by atoms with Gasteiger partial charge in [-0.05, 0) is 23.1 Å². The van der Waals surface area contributed by atoms with Gasteiger partial charge >= 0.3 is 0 Å². The molecule has 1 aliphatic rings. The Kier molecular flexibility index (Phi) is 5.61. The molecule has 26 heavy (non-hydrogen) atoms. The van der Waals surface area contributed by atoms with E-state index in [1.807, 2.05) is 35.1 Å². The molecule has 6 nitrogen and oxygen atoms in total. The van der Waals surface area contributed by atoms with Crippen molar-refractivity contribution in [3.8, 4) is 5.75 Å². The number of hydrogen-bond acceptors (Lipinski definition) is 4. The molecule has 1 amide bonds. The summed E-state index contributed by atoms with van der Waals surface area (Å²) >= 11 is 0. The summed E-state index contributed by atoms with van der Waals surface area (Å²) in [6, 6.07) is 7.90. The van der Waals surface area contributed by atoms with Crippen LogP contribution in [0.25, 0.3) is 0 Å². The molecule has 0 bridgehead atoms. The van der Waals surface area contributed by atoms with Crippen molar-refractivity contribution in [3.63, 3.8) is 0 Å². The van der Waals surface area contributed by atoms with E-state index in [1.165, 1.54) is 11.3 Å². The topological polar surface area (TPSA) is 65.4 Å². The predicted molar refractivity (Wildman–Crippen MR) is 99.2 cm³/mol. The predicted octanol–water partition coefficient (Wildman–Crippen LogP) is 2.45. The average Bonchev–Trinajstić information content (AvgIpc) is 3.03. The van der Waals surface area contributed by atoms with Crippen molar-refractivity contribution >= 4 is 5.91 Å². The molecular weight excluding hydrogens is 330 g/mol. The van der Waals surface area contributed by atoms with E-state index in [0.717, 1.165) is 18.6 Å². The lowest BCUT2D eigenvalue weighted by atomic mass is 9.87. The standard InChI is InChI=1S/C20H27N3O3/c1-20(2,3)16-4-6-17(7-5-16)26-14-19(24)21-9-10-23-18-8-11-25-13-15(18)12-22-23/h4-7,12H,8-11,13-14H2,1-3H3,(H,21,24). The molecule has 0 atom stereocenters. The van der Waals surface area contributed by atoms with Crippen LogP contribution in [0.4, 0.5) is 0 Å². The molecule has 140 valence electrons. The lowest BCUT2D eigenvalue weighted by Gasteiger charge is -2.19. The summed E-state index contributed by atoms with van der Waals surface area (Å²) in [5.41, 5.74) is 3.70. The first kappa shape index (κ1) is 18.5. The van der Waals surface area contributed by atoms with Crippen LogP contribution in [0.3, 0.4) is 0 Å². The molecule has 0 aliphatic carbocycles. The van der Waals surface area contributed by atoms with Crippen molar-refractivity contribution in [2.75, 3.05) is 19.8 Å². The molecule has 0 radical (unpaired) electrons. The molecule has 1 N–H and O–H groups in total. The number of carbonyl (C=O) groups is 1. The van der Waals surface area contributed by atoms with Gasteiger partial charge in [0.25, 0.3) is 5.91 Å². The highest BCUT2D eigenvalue weighted by Gasteiger charge is 2.15. The van der Waals surface area contributed by atoms with Crippen LogP contribution < -0.4 is 10.1 Å². The van der Waals surface area contributed by atoms with Crippen LogP contribution >= 0.6 is 0 Å². The number of nitrogens with one attached hydrogen (secondary N) is 1. The van der Waals surface area contributed by atoms with Gasteiger partial charge in [-0.3, -0.25) is 9.48 Å². The minimum Gasteiger partial charge on any atom is -0.484 e. The Hall–Kier alpha value is -2.34. The monoisotopic (exact) mass is 357 g/mol. The smallest absolute Gasteiger partial charge is 0.258 e. The number of ether oxygens (including phenoxy) is 2. The molecule has 2 heterocycles. The fraction of sp³-hybridized carbons (Fsp3) is 0.500. The maximum absolute atomic E-state index is 12.0. The minimum absolute atomic E-state index is 0.0138. The fourth-order valence-electron chi connectivity index (χ4n) is 2.96. The Balaban J connectivity index is 1.41. The van der Waals surface area contributed by atoms with Crippen LogP contribution in [0.5, 0.6) is 5.75 Å². The SMILES string of the molecule is CC(C)(C)c1ccc(OCC(=O)NCCn2ncc3c2CCOC3)cc1. The summed E-state index contributed by atoms with van der Waals surface area (Å²) in [7, 11) is 0. The normalized spacial score (nSPS) is 14.0. The molecule has 1 aliphatic heterocycles. The van der Waals surface area contributed by atoms with Gasteiger partial charge in [0, 0.05) is 24.2 Å². The number of benzene rings is 1. The minimum atomic E-state index is -0.130. The summed E-state index contributed by atoms with van der Waals surface area (Å²) in [4.78, 5) is 12.0. The van der Waals surface area contributed by atoms with Crippen molar-refractivity contribution in [1.82, 2.24) is 15.1 Å². The van der Waals surface area contributed by atoms with Crippen molar-refractivity contribution in [2.45, 2.75) is 45.8 Å². The molecule has 0 unspecified atom stereocenters. The van der Waals surface area contributed by atoms with E-state index in [2.05, 4.69) is 31.2 Å². The molecule has 2 aromatic rings. The Morgan fingerprint density at radius 3 is 2.81 bits per heavy atom. The Labute approximate surface area is 154 Å². The average molecular weight is 357 g/mol. The highest BCUT2D eigenvalue weighted by molar-refractivity contribution is 5.77. The second-order valence-electron chi connectivity index (χ2n) is 7.56. The summed E-state index contributed by atoms with van der Waals surface area (Å²) in [6.07, 6.45) is 2.72. The van der Waals surface area contributed by atoms with Gasteiger partial charge in [-0.25, -0.2) is 0 Å². The lowest BCUT2D eigenvalue weighted by Crippen LogP contribution is -2.32.